The number of hydrogen-bond acceptors (Lipinski definition) is 3. The lowest BCUT2D eigenvalue weighted by Gasteiger charge is -2.08. The lowest BCUT2D eigenvalue weighted by atomic mass is 10.2. The highest BCUT2D eigenvalue weighted by atomic mass is 79.9. The summed E-state index contributed by atoms with van der Waals surface area (Å²) in [6.07, 6.45) is 1.36. The highest BCUT2D eigenvalue weighted by molar-refractivity contribution is 9.10. The maximum atomic E-state index is 13.1. The SMILES string of the molecule is O=C(CCn1cnc2ccc(Br)cc2c1=O)Nc1ccc(F)c(F)c1. The fraction of sp³-hybridized carbons (Fsp3) is 0.118. The molecule has 1 N–H and O–H groups in total. The third-order valence-electron chi connectivity index (χ3n) is 3.57. The largest absolute Gasteiger partial charge is 0.326 e. The van der Waals surface area contributed by atoms with E-state index in [4.69, 9.17) is 0 Å². The summed E-state index contributed by atoms with van der Waals surface area (Å²) < 4.78 is 28.1. The van der Waals surface area contributed by atoms with Crippen molar-refractivity contribution in [3.63, 3.8) is 0 Å². The predicted octanol–water partition coefficient (Wildman–Crippen LogP) is 3.47. The van der Waals surface area contributed by atoms with Crippen LogP contribution in [0.4, 0.5) is 14.5 Å². The summed E-state index contributed by atoms with van der Waals surface area (Å²) in [7, 11) is 0. The van der Waals surface area contributed by atoms with Gasteiger partial charge in [-0.15, -0.1) is 0 Å². The minimum Gasteiger partial charge on any atom is -0.326 e. The van der Waals surface area contributed by atoms with Crippen LogP contribution in [0, 0.1) is 11.6 Å². The minimum absolute atomic E-state index is 0.0138. The number of aryl methyl sites for hydroxylation is 1. The number of carbonyl (C=O) groups is 1. The number of nitrogens with one attached hydrogen (secondary N) is 1. The molecule has 3 rings (SSSR count). The first-order valence-electron chi connectivity index (χ1n) is 7.33. The molecule has 1 amide bonds. The van der Waals surface area contributed by atoms with E-state index in [-0.39, 0.29) is 24.2 Å². The molecule has 3 aromatic rings. The number of benzene rings is 2. The fourth-order valence-electron chi connectivity index (χ4n) is 2.31. The van der Waals surface area contributed by atoms with Gasteiger partial charge in [0.2, 0.25) is 5.91 Å². The van der Waals surface area contributed by atoms with E-state index in [9.17, 15) is 18.4 Å². The van der Waals surface area contributed by atoms with Gasteiger partial charge in [-0.1, -0.05) is 15.9 Å². The van der Waals surface area contributed by atoms with Gasteiger partial charge in [-0.2, -0.15) is 0 Å². The number of halogens is 3. The maximum absolute atomic E-state index is 13.1. The third kappa shape index (κ3) is 3.90. The Labute approximate surface area is 149 Å². The first-order chi connectivity index (χ1) is 11.9. The van der Waals surface area contributed by atoms with Crippen LogP contribution < -0.4 is 10.9 Å². The van der Waals surface area contributed by atoms with E-state index in [0.29, 0.717) is 10.9 Å². The summed E-state index contributed by atoms with van der Waals surface area (Å²) in [4.78, 5) is 28.5. The lowest BCUT2D eigenvalue weighted by molar-refractivity contribution is -0.116. The van der Waals surface area contributed by atoms with Crippen molar-refractivity contribution in [1.29, 1.82) is 0 Å². The molecule has 1 aromatic heterocycles. The van der Waals surface area contributed by atoms with E-state index in [1.807, 2.05) is 0 Å². The van der Waals surface area contributed by atoms with Crippen LogP contribution in [0.5, 0.6) is 0 Å². The average Bonchev–Trinajstić information content (AvgIpc) is 2.58. The zero-order valence-corrected chi connectivity index (χ0v) is 14.4. The molecule has 25 heavy (non-hydrogen) atoms. The van der Waals surface area contributed by atoms with Gasteiger partial charge < -0.3 is 5.32 Å². The molecular formula is C17H12BrF2N3O2. The number of nitrogens with zero attached hydrogens (tertiary/aromatic N) is 2. The Hall–Kier alpha value is -2.61. The molecule has 5 nitrogen and oxygen atoms in total. The van der Waals surface area contributed by atoms with E-state index in [2.05, 4.69) is 26.2 Å². The van der Waals surface area contributed by atoms with Crippen molar-refractivity contribution in [2.75, 3.05) is 5.32 Å². The van der Waals surface area contributed by atoms with Crippen LogP contribution in [0.2, 0.25) is 0 Å². The van der Waals surface area contributed by atoms with Crippen molar-refractivity contribution in [2.45, 2.75) is 13.0 Å². The molecule has 0 aliphatic rings. The molecule has 1 heterocycles. The molecule has 0 saturated carbocycles. The summed E-state index contributed by atoms with van der Waals surface area (Å²) in [5.41, 5.74) is 0.458. The van der Waals surface area contributed by atoms with Crippen LogP contribution in [0.1, 0.15) is 6.42 Å². The molecule has 128 valence electrons. The topological polar surface area (TPSA) is 64.0 Å². The highest BCUT2D eigenvalue weighted by Gasteiger charge is 2.09. The van der Waals surface area contributed by atoms with Gasteiger partial charge in [-0.3, -0.25) is 14.2 Å². The van der Waals surface area contributed by atoms with Gasteiger partial charge in [-0.25, -0.2) is 13.8 Å². The molecule has 0 unspecified atom stereocenters. The lowest BCUT2D eigenvalue weighted by Crippen LogP contribution is -2.23. The smallest absolute Gasteiger partial charge is 0.261 e. The van der Waals surface area contributed by atoms with Gasteiger partial charge >= 0.3 is 0 Å². The van der Waals surface area contributed by atoms with Crippen LogP contribution in [0.25, 0.3) is 10.9 Å². The minimum atomic E-state index is -1.04. The number of fused-ring (bicyclic) bond motifs is 1. The molecule has 0 atom stereocenters. The Bertz CT molecular complexity index is 1020. The quantitative estimate of drug-likeness (QED) is 0.719. The van der Waals surface area contributed by atoms with Crippen LogP contribution in [0.15, 0.2) is 52.0 Å². The Balaban J connectivity index is 1.71. The van der Waals surface area contributed by atoms with E-state index in [1.165, 1.54) is 17.0 Å². The third-order valence-corrected chi connectivity index (χ3v) is 4.06. The van der Waals surface area contributed by atoms with E-state index in [0.717, 1.165) is 16.6 Å². The van der Waals surface area contributed by atoms with Crippen molar-refractivity contribution in [1.82, 2.24) is 9.55 Å². The van der Waals surface area contributed by atoms with Crippen LogP contribution in [0.3, 0.4) is 0 Å². The Kier molecular flexibility index (Phi) is 4.89. The van der Waals surface area contributed by atoms with Gasteiger partial charge in [0.05, 0.1) is 17.2 Å². The molecular weight excluding hydrogens is 396 g/mol. The summed E-state index contributed by atoms with van der Waals surface area (Å²) in [6, 6.07) is 8.27. The second-order valence-electron chi connectivity index (χ2n) is 5.33. The molecule has 0 aliphatic heterocycles. The first kappa shape index (κ1) is 17.2. The van der Waals surface area contributed by atoms with E-state index < -0.39 is 17.5 Å². The standard InChI is InChI=1S/C17H12BrF2N3O2/c18-10-1-4-15-12(7-10)17(25)23(9-21-15)6-5-16(24)22-11-2-3-13(19)14(20)8-11/h1-4,7-9H,5-6H2,(H,22,24). The van der Waals surface area contributed by atoms with Crippen LogP contribution in [-0.4, -0.2) is 15.5 Å². The zero-order chi connectivity index (χ0) is 18.0. The van der Waals surface area contributed by atoms with Gasteiger partial charge in [-0.05, 0) is 30.3 Å². The highest BCUT2D eigenvalue weighted by Crippen LogP contribution is 2.15. The zero-order valence-electron chi connectivity index (χ0n) is 12.8. The van der Waals surface area contributed by atoms with E-state index in [1.54, 1.807) is 18.2 Å². The number of aromatic nitrogens is 2. The molecule has 0 bridgehead atoms. The monoisotopic (exact) mass is 407 g/mol. The normalized spacial score (nSPS) is 10.8. The summed E-state index contributed by atoms with van der Waals surface area (Å²) in [6.45, 7) is 0.115. The first-order valence-corrected chi connectivity index (χ1v) is 8.13. The second kappa shape index (κ2) is 7.10. The van der Waals surface area contributed by atoms with Gasteiger partial charge in [0.1, 0.15) is 0 Å². The molecule has 8 heteroatoms. The Morgan fingerprint density at radius 1 is 1.16 bits per heavy atom. The predicted molar refractivity (Wildman–Crippen MR) is 93.3 cm³/mol. The van der Waals surface area contributed by atoms with Gasteiger partial charge in [0.15, 0.2) is 11.6 Å². The van der Waals surface area contributed by atoms with Gasteiger partial charge in [0, 0.05) is 29.2 Å². The van der Waals surface area contributed by atoms with Crippen molar-refractivity contribution in [2.24, 2.45) is 0 Å². The Morgan fingerprint density at radius 2 is 1.96 bits per heavy atom. The van der Waals surface area contributed by atoms with Crippen LogP contribution >= 0.6 is 15.9 Å². The summed E-state index contributed by atoms with van der Waals surface area (Å²) in [5.74, 6) is -2.46. The van der Waals surface area contributed by atoms with E-state index >= 15 is 0 Å². The summed E-state index contributed by atoms with van der Waals surface area (Å²) >= 11 is 3.30. The van der Waals surface area contributed by atoms with Crippen molar-refractivity contribution >= 4 is 38.4 Å². The van der Waals surface area contributed by atoms with Crippen molar-refractivity contribution in [3.8, 4) is 0 Å². The number of amides is 1. The summed E-state index contributed by atoms with van der Waals surface area (Å²) in [5, 5.41) is 2.90. The number of rotatable bonds is 4. The molecule has 0 radical (unpaired) electrons. The van der Waals surface area contributed by atoms with Crippen LogP contribution in [-0.2, 0) is 11.3 Å². The Morgan fingerprint density at radius 3 is 2.72 bits per heavy atom. The molecule has 0 saturated heterocycles. The fourth-order valence-corrected chi connectivity index (χ4v) is 2.67. The maximum Gasteiger partial charge on any atom is 0.261 e. The van der Waals surface area contributed by atoms with Crippen molar-refractivity contribution in [3.05, 3.63) is 69.2 Å². The number of hydrogen-bond donors (Lipinski definition) is 1. The average molecular weight is 408 g/mol. The molecule has 0 spiro atoms. The number of anilines is 1. The van der Waals surface area contributed by atoms with Gasteiger partial charge in [0.25, 0.3) is 5.56 Å². The van der Waals surface area contributed by atoms with Crippen molar-refractivity contribution < 1.29 is 13.6 Å². The molecule has 0 aliphatic carbocycles. The molecule has 2 aromatic carbocycles. The number of carbonyl (C=O) groups excluding carboxylic acids is 1. The molecule has 0 fully saturated rings. The second-order valence-corrected chi connectivity index (χ2v) is 6.25.